The van der Waals surface area contributed by atoms with E-state index in [1.807, 2.05) is 0 Å². The van der Waals surface area contributed by atoms with Crippen LogP contribution in [0.2, 0.25) is 0 Å². The Bertz CT molecular complexity index is 802. The van der Waals surface area contributed by atoms with Crippen LogP contribution < -0.4 is 34.0 Å². The normalized spacial score (nSPS) is 47.9. The van der Waals surface area contributed by atoms with Crippen molar-refractivity contribution in [2.24, 2.45) is 28.7 Å². The minimum atomic E-state index is -1.62. The van der Waals surface area contributed by atoms with Crippen LogP contribution in [0.5, 0.6) is 0 Å². The number of rotatable bonds is 9. The molecule has 2 heterocycles. The quantitative estimate of drug-likeness (QED) is 0.123. The van der Waals surface area contributed by atoms with Gasteiger partial charge in [0.25, 0.3) is 0 Å². The first-order valence-corrected chi connectivity index (χ1v) is 13.0. The highest BCUT2D eigenvalue weighted by Gasteiger charge is 2.52. The number of ether oxygens (including phenoxy) is 4. The predicted molar refractivity (Wildman–Crippen MR) is 132 cm³/mol. The SMILES string of the molecule is CC1O[C@@H](OC2C(O)[C@H](NC(=O)[C@@H](O)CCN)CC(N)[C@H]2O[C@H]2OC(CN)[C@@H](O)C(O)C2N)C(O)C(O)[C@@H]1N. The van der Waals surface area contributed by atoms with Crippen molar-refractivity contribution in [2.75, 3.05) is 13.1 Å². The van der Waals surface area contributed by atoms with Crippen molar-refractivity contribution in [3.05, 3.63) is 0 Å². The molecule has 1 aliphatic carbocycles. The maximum Gasteiger partial charge on any atom is 0.249 e. The number of carbonyl (C=O) groups excluding carboxylic acids is 1. The second-order valence-electron chi connectivity index (χ2n) is 10.4. The van der Waals surface area contributed by atoms with Crippen LogP contribution in [0.15, 0.2) is 0 Å². The number of nitrogens with two attached hydrogens (primary N) is 5. The Morgan fingerprint density at radius 3 is 2.13 bits per heavy atom. The van der Waals surface area contributed by atoms with Crippen LogP contribution in [0.25, 0.3) is 0 Å². The maximum absolute atomic E-state index is 12.4. The van der Waals surface area contributed by atoms with Crippen LogP contribution in [0.3, 0.4) is 0 Å². The molecule has 0 aromatic heterocycles. The van der Waals surface area contributed by atoms with Gasteiger partial charge in [0.1, 0.15) is 54.9 Å². The Labute approximate surface area is 225 Å². The van der Waals surface area contributed by atoms with Gasteiger partial charge in [0, 0.05) is 12.6 Å². The molecule has 17 N–H and O–H groups in total. The molecule has 17 nitrogen and oxygen atoms in total. The van der Waals surface area contributed by atoms with E-state index in [-0.39, 0.29) is 25.9 Å². The van der Waals surface area contributed by atoms with Crippen molar-refractivity contribution in [2.45, 2.75) is 118 Å². The van der Waals surface area contributed by atoms with E-state index in [0.717, 1.165) is 0 Å². The van der Waals surface area contributed by atoms with Crippen molar-refractivity contribution in [1.29, 1.82) is 0 Å². The molecule has 0 bridgehead atoms. The largest absolute Gasteiger partial charge is 0.388 e. The fraction of sp³-hybridized carbons (Fsp3) is 0.955. The zero-order valence-electron chi connectivity index (χ0n) is 21.7. The molecule has 2 aliphatic heterocycles. The van der Waals surface area contributed by atoms with E-state index in [1.54, 1.807) is 6.92 Å². The number of aliphatic hydroxyl groups is 6. The first kappa shape index (κ1) is 32.4. The molecule has 2 saturated heterocycles. The summed E-state index contributed by atoms with van der Waals surface area (Å²) in [6.45, 7) is 1.44. The highest BCUT2D eigenvalue weighted by molar-refractivity contribution is 5.80. The molecule has 3 aliphatic rings. The molecule has 1 saturated carbocycles. The lowest BCUT2D eigenvalue weighted by atomic mass is 9.83. The molecular weight excluding hydrogens is 524 g/mol. The molecule has 0 radical (unpaired) electrons. The molecule has 3 rings (SSSR count). The maximum atomic E-state index is 12.4. The Kier molecular flexibility index (Phi) is 11.4. The van der Waals surface area contributed by atoms with Gasteiger partial charge in [0.2, 0.25) is 5.91 Å². The molecule has 9 unspecified atom stereocenters. The van der Waals surface area contributed by atoms with Crippen LogP contribution >= 0.6 is 0 Å². The highest BCUT2D eigenvalue weighted by atomic mass is 16.7. The number of hydrogen-bond donors (Lipinski definition) is 12. The first-order valence-electron chi connectivity index (χ1n) is 13.0. The van der Waals surface area contributed by atoms with Gasteiger partial charge in [-0.25, -0.2) is 0 Å². The molecule has 17 heteroatoms. The van der Waals surface area contributed by atoms with Gasteiger partial charge in [0.15, 0.2) is 12.6 Å². The minimum absolute atomic E-state index is 0.0160. The molecule has 228 valence electrons. The third kappa shape index (κ3) is 7.03. The van der Waals surface area contributed by atoms with Gasteiger partial charge < -0.3 is 83.6 Å². The van der Waals surface area contributed by atoms with E-state index in [2.05, 4.69) is 5.32 Å². The van der Waals surface area contributed by atoms with Gasteiger partial charge in [-0.15, -0.1) is 0 Å². The summed E-state index contributed by atoms with van der Waals surface area (Å²) in [6, 6.07) is -4.17. The molecule has 0 aromatic rings. The second-order valence-corrected chi connectivity index (χ2v) is 10.4. The second kappa shape index (κ2) is 13.7. The average molecular weight is 569 g/mol. The average Bonchev–Trinajstić information content (AvgIpc) is 2.90. The summed E-state index contributed by atoms with van der Waals surface area (Å²) in [5.74, 6) is -0.792. The topological polar surface area (TPSA) is 318 Å². The molecule has 16 atom stereocenters. The lowest BCUT2D eigenvalue weighted by Gasteiger charge is -2.49. The molecule has 1 amide bonds. The van der Waals surface area contributed by atoms with Crippen molar-refractivity contribution < 1.29 is 54.4 Å². The van der Waals surface area contributed by atoms with Crippen molar-refractivity contribution in [3.63, 3.8) is 0 Å². The Morgan fingerprint density at radius 2 is 1.51 bits per heavy atom. The number of carbonyl (C=O) groups is 1. The summed E-state index contributed by atoms with van der Waals surface area (Å²) >= 11 is 0. The van der Waals surface area contributed by atoms with E-state index in [0.29, 0.717) is 0 Å². The zero-order valence-corrected chi connectivity index (χ0v) is 21.7. The number of nitrogens with one attached hydrogen (secondary N) is 1. The van der Waals surface area contributed by atoms with Crippen LogP contribution in [0.1, 0.15) is 19.8 Å². The molecule has 39 heavy (non-hydrogen) atoms. The summed E-state index contributed by atoms with van der Waals surface area (Å²) in [4.78, 5) is 12.4. The molecular formula is C22H44N6O11. The van der Waals surface area contributed by atoms with E-state index in [9.17, 15) is 35.4 Å². The van der Waals surface area contributed by atoms with E-state index in [1.165, 1.54) is 0 Å². The molecule has 3 fully saturated rings. The Hall–Kier alpha value is -1.13. The van der Waals surface area contributed by atoms with Gasteiger partial charge in [-0.05, 0) is 26.3 Å². The van der Waals surface area contributed by atoms with Crippen molar-refractivity contribution in [1.82, 2.24) is 5.32 Å². The van der Waals surface area contributed by atoms with Gasteiger partial charge >= 0.3 is 0 Å². The summed E-state index contributed by atoms with van der Waals surface area (Å²) in [7, 11) is 0. The standard InChI is InChI=1S/C22H44N6O11/c1-6-11(26)15(32)17(34)22(36-6)39-19-13(30)8(28-20(35)9(29)2-3-23)4-7(25)18(19)38-21-12(27)16(33)14(31)10(5-24)37-21/h6-19,21-22,29-34H,2-5,23-27H2,1H3,(H,28,35)/t6?,7?,8-,9+,10?,11-,12?,13?,14-,15?,16?,17?,18-,19?,21-,22+/m1/s1. The smallest absolute Gasteiger partial charge is 0.249 e. The lowest BCUT2D eigenvalue weighted by Crippen LogP contribution is -2.70. The Morgan fingerprint density at radius 1 is 0.897 bits per heavy atom. The first-order chi connectivity index (χ1) is 18.3. The summed E-state index contributed by atoms with van der Waals surface area (Å²) in [5, 5.41) is 65.2. The summed E-state index contributed by atoms with van der Waals surface area (Å²) in [5.41, 5.74) is 29.3. The third-order valence-electron chi connectivity index (χ3n) is 7.57. The Balaban J connectivity index is 1.86. The summed E-state index contributed by atoms with van der Waals surface area (Å²) < 4.78 is 23.2. The fourth-order valence-electron chi connectivity index (χ4n) is 5.02. The van der Waals surface area contributed by atoms with Gasteiger partial charge in [-0.2, -0.15) is 0 Å². The zero-order chi connectivity index (χ0) is 29.2. The van der Waals surface area contributed by atoms with Crippen molar-refractivity contribution in [3.8, 4) is 0 Å². The molecule has 0 aromatic carbocycles. The van der Waals surface area contributed by atoms with Gasteiger partial charge in [0.05, 0.1) is 24.2 Å². The minimum Gasteiger partial charge on any atom is -0.388 e. The van der Waals surface area contributed by atoms with Crippen molar-refractivity contribution >= 4 is 5.91 Å². The van der Waals surface area contributed by atoms with Gasteiger partial charge in [-0.3, -0.25) is 4.79 Å². The molecule has 0 spiro atoms. The fourth-order valence-corrected chi connectivity index (χ4v) is 5.02. The van der Waals surface area contributed by atoms with Crippen LogP contribution in [-0.4, -0.2) is 147 Å². The highest BCUT2D eigenvalue weighted by Crippen LogP contribution is 2.32. The number of aliphatic hydroxyl groups excluding tert-OH is 6. The van der Waals surface area contributed by atoms with Crippen LogP contribution in [0, 0.1) is 0 Å². The van der Waals surface area contributed by atoms with E-state index >= 15 is 0 Å². The van der Waals surface area contributed by atoms with E-state index < -0.39 is 104 Å². The summed E-state index contributed by atoms with van der Waals surface area (Å²) in [6.07, 6.45) is -16.2. The van der Waals surface area contributed by atoms with Gasteiger partial charge in [-0.1, -0.05) is 0 Å². The third-order valence-corrected chi connectivity index (χ3v) is 7.57. The lowest BCUT2D eigenvalue weighted by molar-refractivity contribution is -0.329. The monoisotopic (exact) mass is 568 g/mol. The number of amides is 1. The van der Waals surface area contributed by atoms with E-state index in [4.69, 9.17) is 47.6 Å². The number of hydrogen-bond acceptors (Lipinski definition) is 16. The van der Waals surface area contributed by atoms with Crippen LogP contribution in [-0.2, 0) is 23.7 Å². The predicted octanol–water partition coefficient (Wildman–Crippen LogP) is -7.43. The van der Waals surface area contributed by atoms with Crippen LogP contribution in [0.4, 0.5) is 0 Å².